The highest BCUT2D eigenvalue weighted by molar-refractivity contribution is 5.68. The first kappa shape index (κ1) is 16.2. The molecular weight excluding hydrogens is 299 g/mol. The van der Waals surface area contributed by atoms with Gasteiger partial charge < -0.3 is 14.4 Å². The van der Waals surface area contributed by atoms with E-state index in [1.165, 1.54) is 12.1 Å². The van der Waals surface area contributed by atoms with Gasteiger partial charge in [-0.05, 0) is 29.7 Å². The molecule has 1 heterocycles. The van der Waals surface area contributed by atoms with Crippen LogP contribution in [0.5, 0.6) is 5.75 Å². The van der Waals surface area contributed by atoms with Gasteiger partial charge in [0.15, 0.2) is 6.61 Å². The monoisotopic (exact) mass is 315 g/mol. The minimum Gasteiger partial charge on any atom is -0.484 e. The molecule has 120 valence electrons. The highest BCUT2D eigenvalue weighted by Crippen LogP contribution is 2.25. The van der Waals surface area contributed by atoms with Crippen LogP contribution in [0.2, 0.25) is 0 Å². The quantitative estimate of drug-likeness (QED) is 0.800. The first-order valence-electron chi connectivity index (χ1n) is 6.73. The molecule has 0 aromatic heterocycles. The fourth-order valence-corrected chi connectivity index (χ4v) is 2.16. The second kappa shape index (κ2) is 6.72. The molecule has 1 amide bonds. The molecule has 1 aliphatic rings. The van der Waals surface area contributed by atoms with Crippen molar-refractivity contribution in [2.45, 2.75) is 19.1 Å². The van der Waals surface area contributed by atoms with Gasteiger partial charge in [0.1, 0.15) is 12.4 Å². The van der Waals surface area contributed by atoms with Crippen LogP contribution < -0.4 is 4.74 Å². The van der Waals surface area contributed by atoms with Crippen LogP contribution in [0.25, 0.3) is 0 Å². The van der Waals surface area contributed by atoms with Crippen LogP contribution in [0, 0.1) is 0 Å². The summed E-state index contributed by atoms with van der Waals surface area (Å²) in [6.45, 7) is 3.12. The van der Waals surface area contributed by atoms with Gasteiger partial charge in [-0.1, -0.05) is 18.7 Å². The molecule has 7 heteroatoms. The van der Waals surface area contributed by atoms with E-state index in [2.05, 4.69) is 6.58 Å². The number of hydrogen-bond donors (Lipinski definition) is 0. The Hall–Kier alpha value is -2.18. The van der Waals surface area contributed by atoms with E-state index in [0.717, 1.165) is 11.1 Å². The van der Waals surface area contributed by atoms with Gasteiger partial charge in [-0.15, -0.1) is 0 Å². The molecule has 1 aromatic rings. The average Bonchev–Trinajstić information content (AvgIpc) is 2.49. The zero-order chi connectivity index (χ0) is 16.2. The number of rotatable bonds is 4. The van der Waals surface area contributed by atoms with Crippen LogP contribution >= 0.6 is 0 Å². The molecular formula is C15H16F3NO3. The van der Waals surface area contributed by atoms with Crippen LogP contribution in [0.3, 0.4) is 0 Å². The Labute approximate surface area is 126 Å². The lowest BCUT2D eigenvalue weighted by atomic mass is 10.00. The van der Waals surface area contributed by atoms with E-state index in [0.29, 0.717) is 19.5 Å². The molecule has 0 N–H and O–H groups in total. The minimum atomic E-state index is -4.36. The molecule has 0 saturated heterocycles. The molecule has 0 atom stereocenters. The molecule has 4 nitrogen and oxygen atoms in total. The van der Waals surface area contributed by atoms with Gasteiger partial charge in [0.05, 0.1) is 0 Å². The molecule has 0 bridgehead atoms. The van der Waals surface area contributed by atoms with E-state index < -0.39 is 18.9 Å². The first-order chi connectivity index (χ1) is 10.4. The van der Waals surface area contributed by atoms with Gasteiger partial charge in [0.25, 0.3) is 0 Å². The Morgan fingerprint density at radius 2 is 2.14 bits per heavy atom. The van der Waals surface area contributed by atoms with Crippen LogP contribution in [-0.2, 0) is 17.7 Å². The van der Waals surface area contributed by atoms with Gasteiger partial charge in [-0.2, -0.15) is 13.2 Å². The lowest BCUT2D eigenvalue weighted by Crippen LogP contribution is -2.36. The summed E-state index contributed by atoms with van der Waals surface area (Å²) < 4.78 is 46.1. The van der Waals surface area contributed by atoms with Crippen molar-refractivity contribution >= 4 is 6.09 Å². The van der Waals surface area contributed by atoms with E-state index in [9.17, 15) is 18.0 Å². The number of hydrogen-bond acceptors (Lipinski definition) is 3. The van der Waals surface area contributed by atoms with Gasteiger partial charge >= 0.3 is 12.3 Å². The summed E-state index contributed by atoms with van der Waals surface area (Å²) in [5, 5.41) is 0. The smallest absolute Gasteiger partial charge is 0.422 e. The molecule has 0 spiro atoms. The van der Waals surface area contributed by atoms with Crippen molar-refractivity contribution in [3.05, 3.63) is 42.0 Å². The molecule has 0 saturated carbocycles. The van der Waals surface area contributed by atoms with Crippen molar-refractivity contribution < 1.29 is 27.4 Å². The maximum Gasteiger partial charge on any atom is 0.422 e. The Morgan fingerprint density at radius 3 is 2.82 bits per heavy atom. The number of fused-ring (bicyclic) bond motifs is 1. The Balaban J connectivity index is 1.99. The summed E-state index contributed by atoms with van der Waals surface area (Å²) in [4.78, 5) is 13.3. The number of amides is 1. The predicted molar refractivity (Wildman–Crippen MR) is 73.7 cm³/mol. The van der Waals surface area contributed by atoms with Gasteiger partial charge in [-0.25, -0.2) is 4.79 Å². The third kappa shape index (κ3) is 4.41. The normalized spacial score (nSPS) is 14.2. The van der Waals surface area contributed by atoms with Gasteiger partial charge in [0, 0.05) is 13.1 Å². The Bertz CT molecular complexity index is 557. The number of carbonyl (C=O) groups is 1. The highest BCUT2D eigenvalue weighted by atomic mass is 19.4. The summed E-state index contributed by atoms with van der Waals surface area (Å²) in [5.41, 5.74) is 1.76. The standard InChI is InChI=1S/C15H16F3NO3/c1-2-7-21-14(20)19-6-5-11-8-13(4-3-12(11)9-19)22-10-15(16,17)18/h2-4,8H,1,5-7,9-10H2. The SMILES string of the molecule is C=CCOC(=O)N1CCc2cc(OCC(F)(F)F)ccc2C1. The fraction of sp³-hybridized carbons (Fsp3) is 0.400. The number of halogens is 3. The lowest BCUT2D eigenvalue weighted by molar-refractivity contribution is -0.153. The largest absolute Gasteiger partial charge is 0.484 e. The summed E-state index contributed by atoms with van der Waals surface area (Å²) >= 11 is 0. The number of carbonyl (C=O) groups excluding carboxylic acids is 1. The number of nitrogens with zero attached hydrogens (tertiary/aromatic N) is 1. The topological polar surface area (TPSA) is 38.8 Å². The summed E-state index contributed by atoms with van der Waals surface area (Å²) in [5.74, 6) is 0.179. The molecule has 1 aromatic carbocycles. The molecule has 22 heavy (non-hydrogen) atoms. The Kier molecular flexibility index (Phi) is 4.95. The number of benzene rings is 1. The maximum absolute atomic E-state index is 12.1. The van der Waals surface area contributed by atoms with Crippen LogP contribution in [0.1, 0.15) is 11.1 Å². The van der Waals surface area contributed by atoms with E-state index >= 15 is 0 Å². The minimum absolute atomic E-state index is 0.145. The fourth-order valence-electron chi connectivity index (χ4n) is 2.16. The van der Waals surface area contributed by atoms with E-state index in [1.54, 1.807) is 17.0 Å². The van der Waals surface area contributed by atoms with Crippen LogP contribution in [0.4, 0.5) is 18.0 Å². The Morgan fingerprint density at radius 1 is 1.36 bits per heavy atom. The molecule has 0 radical (unpaired) electrons. The highest BCUT2D eigenvalue weighted by Gasteiger charge is 2.28. The number of ether oxygens (including phenoxy) is 2. The molecule has 0 aliphatic carbocycles. The zero-order valence-electron chi connectivity index (χ0n) is 11.9. The third-order valence-electron chi connectivity index (χ3n) is 3.18. The van der Waals surface area contributed by atoms with E-state index in [1.807, 2.05) is 0 Å². The second-order valence-corrected chi connectivity index (χ2v) is 4.87. The first-order valence-corrected chi connectivity index (χ1v) is 6.73. The van der Waals surface area contributed by atoms with Crippen molar-refractivity contribution in [2.75, 3.05) is 19.8 Å². The van der Waals surface area contributed by atoms with Crippen molar-refractivity contribution in [1.29, 1.82) is 0 Å². The van der Waals surface area contributed by atoms with Crippen molar-refractivity contribution in [2.24, 2.45) is 0 Å². The maximum atomic E-state index is 12.1. The van der Waals surface area contributed by atoms with E-state index in [4.69, 9.17) is 9.47 Å². The van der Waals surface area contributed by atoms with Gasteiger partial charge in [-0.3, -0.25) is 0 Å². The summed E-state index contributed by atoms with van der Waals surface area (Å²) in [7, 11) is 0. The average molecular weight is 315 g/mol. The molecule has 0 fully saturated rings. The lowest BCUT2D eigenvalue weighted by Gasteiger charge is -2.28. The van der Waals surface area contributed by atoms with Crippen molar-refractivity contribution in [1.82, 2.24) is 4.90 Å². The van der Waals surface area contributed by atoms with Crippen LogP contribution in [0.15, 0.2) is 30.9 Å². The molecule has 2 rings (SSSR count). The second-order valence-electron chi connectivity index (χ2n) is 4.87. The van der Waals surface area contributed by atoms with Crippen molar-refractivity contribution in [3.63, 3.8) is 0 Å². The zero-order valence-corrected chi connectivity index (χ0v) is 11.9. The predicted octanol–water partition coefficient (Wildman–Crippen LogP) is 3.31. The summed E-state index contributed by atoms with van der Waals surface area (Å²) in [6.07, 6.45) is -2.76. The van der Waals surface area contributed by atoms with Crippen molar-refractivity contribution in [3.8, 4) is 5.75 Å². The van der Waals surface area contributed by atoms with Gasteiger partial charge in [0.2, 0.25) is 0 Å². The number of alkyl halides is 3. The molecule has 1 aliphatic heterocycles. The van der Waals surface area contributed by atoms with E-state index in [-0.39, 0.29) is 12.4 Å². The third-order valence-corrected chi connectivity index (χ3v) is 3.18. The summed E-state index contributed by atoms with van der Waals surface area (Å²) in [6, 6.07) is 4.74. The molecule has 0 unspecified atom stereocenters. The van der Waals surface area contributed by atoms with Crippen LogP contribution in [-0.4, -0.2) is 36.9 Å².